The Balaban J connectivity index is 1.53. The van der Waals surface area contributed by atoms with Gasteiger partial charge in [-0.1, -0.05) is 31.4 Å². The number of rotatable bonds is 7. The summed E-state index contributed by atoms with van der Waals surface area (Å²) < 4.78 is 27.7. The minimum absolute atomic E-state index is 0.0644. The number of sulfonamides is 1. The van der Waals surface area contributed by atoms with Crippen molar-refractivity contribution in [2.75, 3.05) is 0 Å². The standard InChI is InChI=1S/C18H26N2O3S/c21-18(19-15-9-10-15)13-8-14-6-11-17(12-7-14)24(22,23)20-16-4-2-1-3-5-16/h6-7,11-12,15-16,20H,1-5,8-10,13H2,(H,19,21). The zero-order valence-electron chi connectivity index (χ0n) is 14.0. The van der Waals surface area contributed by atoms with E-state index in [0.29, 0.717) is 23.8 Å². The van der Waals surface area contributed by atoms with Crippen molar-refractivity contribution < 1.29 is 13.2 Å². The van der Waals surface area contributed by atoms with Crippen LogP contribution in [-0.4, -0.2) is 26.4 Å². The van der Waals surface area contributed by atoms with E-state index in [1.54, 1.807) is 24.3 Å². The number of hydrogen-bond donors (Lipinski definition) is 2. The van der Waals surface area contributed by atoms with Crippen molar-refractivity contribution in [3.63, 3.8) is 0 Å². The molecule has 2 fully saturated rings. The molecule has 2 N–H and O–H groups in total. The van der Waals surface area contributed by atoms with Crippen molar-refractivity contribution in [1.29, 1.82) is 0 Å². The Morgan fingerprint density at radius 3 is 2.25 bits per heavy atom. The summed E-state index contributed by atoms with van der Waals surface area (Å²) in [6.45, 7) is 0. The average molecular weight is 350 g/mol. The molecule has 0 bridgehead atoms. The van der Waals surface area contributed by atoms with Gasteiger partial charge in [-0.2, -0.15) is 0 Å². The highest BCUT2D eigenvalue weighted by molar-refractivity contribution is 7.89. The van der Waals surface area contributed by atoms with E-state index in [4.69, 9.17) is 0 Å². The molecular formula is C18H26N2O3S. The fraction of sp³-hybridized carbons (Fsp3) is 0.611. The maximum atomic E-state index is 12.4. The summed E-state index contributed by atoms with van der Waals surface area (Å²) in [5, 5.41) is 2.96. The first-order valence-electron chi connectivity index (χ1n) is 8.93. The summed E-state index contributed by atoms with van der Waals surface area (Å²) in [5.74, 6) is 0.0770. The van der Waals surface area contributed by atoms with Crippen LogP contribution in [-0.2, 0) is 21.2 Å². The van der Waals surface area contributed by atoms with Gasteiger partial charge in [0.05, 0.1) is 4.90 Å². The average Bonchev–Trinajstić information content (AvgIpc) is 3.38. The van der Waals surface area contributed by atoms with Gasteiger partial charge in [0.2, 0.25) is 15.9 Å². The molecule has 1 amide bonds. The van der Waals surface area contributed by atoms with E-state index in [1.165, 1.54) is 6.42 Å². The third-order valence-corrected chi connectivity index (χ3v) is 6.28. The largest absolute Gasteiger partial charge is 0.353 e. The summed E-state index contributed by atoms with van der Waals surface area (Å²) in [6.07, 6.45) is 8.49. The highest BCUT2D eigenvalue weighted by Gasteiger charge is 2.23. The molecule has 2 aliphatic rings. The molecule has 3 rings (SSSR count). The van der Waals surface area contributed by atoms with Gasteiger partial charge < -0.3 is 5.32 Å². The molecular weight excluding hydrogens is 324 g/mol. The van der Waals surface area contributed by atoms with E-state index >= 15 is 0 Å². The normalized spacial score (nSPS) is 19.2. The molecule has 0 radical (unpaired) electrons. The molecule has 1 aromatic rings. The molecule has 0 saturated heterocycles. The van der Waals surface area contributed by atoms with E-state index in [2.05, 4.69) is 10.0 Å². The lowest BCUT2D eigenvalue weighted by atomic mass is 9.96. The molecule has 24 heavy (non-hydrogen) atoms. The predicted molar refractivity (Wildman–Crippen MR) is 93.1 cm³/mol. The van der Waals surface area contributed by atoms with Crippen molar-refractivity contribution >= 4 is 15.9 Å². The fourth-order valence-corrected chi connectivity index (χ4v) is 4.43. The van der Waals surface area contributed by atoms with Crippen LogP contribution in [0.2, 0.25) is 0 Å². The second-order valence-corrected chi connectivity index (χ2v) is 8.66. The Labute approximate surface area is 144 Å². The lowest BCUT2D eigenvalue weighted by Gasteiger charge is -2.22. The van der Waals surface area contributed by atoms with Gasteiger partial charge >= 0.3 is 0 Å². The molecule has 0 unspecified atom stereocenters. The fourth-order valence-electron chi connectivity index (χ4n) is 3.13. The smallest absolute Gasteiger partial charge is 0.240 e. The van der Waals surface area contributed by atoms with Crippen LogP contribution < -0.4 is 10.0 Å². The maximum Gasteiger partial charge on any atom is 0.240 e. The highest BCUT2D eigenvalue weighted by atomic mass is 32.2. The van der Waals surface area contributed by atoms with Crippen molar-refractivity contribution in [2.24, 2.45) is 0 Å². The first kappa shape index (κ1) is 17.4. The van der Waals surface area contributed by atoms with Crippen LogP contribution >= 0.6 is 0 Å². The van der Waals surface area contributed by atoms with Crippen LogP contribution in [0.1, 0.15) is 56.9 Å². The number of hydrogen-bond acceptors (Lipinski definition) is 3. The van der Waals surface area contributed by atoms with Gasteiger partial charge in [-0.15, -0.1) is 0 Å². The number of aryl methyl sites for hydroxylation is 1. The van der Waals surface area contributed by atoms with Gasteiger partial charge in [-0.3, -0.25) is 4.79 Å². The molecule has 2 saturated carbocycles. The summed E-state index contributed by atoms with van der Waals surface area (Å²) >= 11 is 0. The maximum absolute atomic E-state index is 12.4. The second-order valence-electron chi connectivity index (χ2n) is 6.94. The lowest BCUT2D eigenvalue weighted by molar-refractivity contribution is -0.121. The Bertz CT molecular complexity index is 660. The van der Waals surface area contributed by atoms with Gasteiger partial charge in [0, 0.05) is 18.5 Å². The first-order valence-corrected chi connectivity index (χ1v) is 10.4. The summed E-state index contributed by atoms with van der Waals surface area (Å²) in [5.41, 5.74) is 0.984. The van der Waals surface area contributed by atoms with E-state index < -0.39 is 10.0 Å². The number of carbonyl (C=O) groups is 1. The summed E-state index contributed by atoms with van der Waals surface area (Å²) in [6, 6.07) is 7.34. The second kappa shape index (κ2) is 7.66. The molecule has 1 aromatic carbocycles. The van der Waals surface area contributed by atoms with Gasteiger partial charge in [-0.05, 0) is 49.8 Å². The third-order valence-electron chi connectivity index (χ3n) is 4.74. The minimum atomic E-state index is -3.44. The first-order chi connectivity index (χ1) is 11.5. The van der Waals surface area contributed by atoms with Crippen LogP contribution in [0.25, 0.3) is 0 Å². The van der Waals surface area contributed by atoms with E-state index in [9.17, 15) is 13.2 Å². The zero-order chi connectivity index (χ0) is 17.0. The van der Waals surface area contributed by atoms with E-state index in [1.807, 2.05) is 0 Å². The predicted octanol–water partition coefficient (Wildman–Crippen LogP) is 2.51. The summed E-state index contributed by atoms with van der Waals surface area (Å²) in [7, 11) is -3.44. The zero-order valence-corrected chi connectivity index (χ0v) is 14.8. The Morgan fingerprint density at radius 1 is 0.958 bits per heavy atom. The Kier molecular flexibility index (Phi) is 5.56. The Hall–Kier alpha value is -1.40. The number of nitrogens with one attached hydrogen (secondary N) is 2. The van der Waals surface area contributed by atoms with Crippen molar-refractivity contribution in [3.05, 3.63) is 29.8 Å². The molecule has 132 valence electrons. The van der Waals surface area contributed by atoms with Gasteiger partial charge in [0.1, 0.15) is 0 Å². The van der Waals surface area contributed by atoms with E-state index in [-0.39, 0.29) is 11.9 Å². The number of carbonyl (C=O) groups excluding carboxylic acids is 1. The monoisotopic (exact) mass is 350 g/mol. The topological polar surface area (TPSA) is 75.3 Å². The quantitative estimate of drug-likeness (QED) is 0.793. The molecule has 2 aliphatic carbocycles. The van der Waals surface area contributed by atoms with Gasteiger partial charge in [-0.25, -0.2) is 13.1 Å². The van der Waals surface area contributed by atoms with Crippen LogP contribution in [0.5, 0.6) is 0 Å². The third kappa shape index (κ3) is 5.05. The molecule has 6 heteroatoms. The van der Waals surface area contributed by atoms with Crippen LogP contribution in [0, 0.1) is 0 Å². The van der Waals surface area contributed by atoms with Crippen molar-refractivity contribution in [2.45, 2.75) is 74.8 Å². The highest BCUT2D eigenvalue weighted by Crippen LogP contribution is 2.21. The Morgan fingerprint density at radius 2 is 1.62 bits per heavy atom. The van der Waals surface area contributed by atoms with Crippen LogP contribution in [0.3, 0.4) is 0 Å². The van der Waals surface area contributed by atoms with Crippen molar-refractivity contribution in [1.82, 2.24) is 10.0 Å². The molecule has 5 nitrogen and oxygen atoms in total. The minimum Gasteiger partial charge on any atom is -0.353 e. The van der Waals surface area contributed by atoms with Gasteiger partial charge in [0.25, 0.3) is 0 Å². The summed E-state index contributed by atoms with van der Waals surface area (Å²) in [4.78, 5) is 12.0. The molecule has 0 spiro atoms. The molecule has 0 heterocycles. The number of amides is 1. The van der Waals surface area contributed by atoms with Gasteiger partial charge in [0.15, 0.2) is 0 Å². The molecule has 0 aliphatic heterocycles. The SMILES string of the molecule is O=C(CCc1ccc(S(=O)(=O)NC2CCCCC2)cc1)NC1CC1. The van der Waals surface area contributed by atoms with Crippen molar-refractivity contribution in [3.8, 4) is 0 Å². The molecule has 0 atom stereocenters. The molecule has 0 aromatic heterocycles. The lowest BCUT2D eigenvalue weighted by Crippen LogP contribution is -2.36. The van der Waals surface area contributed by atoms with Crippen LogP contribution in [0.4, 0.5) is 0 Å². The van der Waals surface area contributed by atoms with Crippen LogP contribution in [0.15, 0.2) is 29.2 Å². The van der Waals surface area contributed by atoms with E-state index in [0.717, 1.165) is 44.1 Å². The number of benzene rings is 1.